The van der Waals surface area contributed by atoms with Crippen LogP contribution in [0.1, 0.15) is 38.8 Å². The molecule has 0 radical (unpaired) electrons. The van der Waals surface area contributed by atoms with Gasteiger partial charge in [-0.1, -0.05) is 19.1 Å². The number of ether oxygens (including phenoxy) is 1. The molecule has 0 fully saturated rings. The molecule has 3 amide bonds. The fourth-order valence-corrected chi connectivity index (χ4v) is 1.71. The van der Waals surface area contributed by atoms with Crippen molar-refractivity contribution in [2.75, 3.05) is 6.54 Å². The highest BCUT2D eigenvalue weighted by atomic mass is 16.5. The van der Waals surface area contributed by atoms with Gasteiger partial charge in [0.25, 0.3) is 5.91 Å². The molecule has 4 N–H and O–H groups in total. The number of carbonyl (C=O) groups excluding carboxylic acids is 2. The lowest BCUT2D eigenvalue weighted by Crippen LogP contribution is -2.45. The Morgan fingerprint density at radius 3 is 2.38 bits per heavy atom. The zero-order chi connectivity index (χ0) is 15.8. The van der Waals surface area contributed by atoms with Crippen molar-refractivity contribution < 1.29 is 14.3 Å². The SMILES string of the molecule is CCNC(=O)NC(=O)C(C)Oc1ccc([C@H](N)CC)cc1. The molecule has 116 valence electrons. The molecule has 0 saturated carbocycles. The van der Waals surface area contributed by atoms with E-state index < -0.39 is 18.0 Å². The smallest absolute Gasteiger partial charge is 0.321 e. The molecule has 0 spiro atoms. The van der Waals surface area contributed by atoms with E-state index in [1.165, 1.54) is 0 Å². The van der Waals surface area contributed by atoms with Crippen LogP contribution in [0, 0.1) is 0 Å². The minimum absolute atomic E-state index is 0.00230. The second kappa shape index (κ2) is 8.26. The van der Waals surface area contributed by atoms with Crippen molar-refractivity contribution in [3.8, 4) is 5.75 Å². The maximum Gasteiger partial charge on any atom is 0.321 e. The zero-order valence-electron chi connectivity index (χ0n) is 12.7. The molecular formula is C15H23N3O3. The van der Waals surface area contributed by atoms with E-state index >= 15 is 0 Å². The Hall–Kier alpha value is -2.08. The van der Waals surface area contributed by atoms with Gasteiger partial charge in [0.2, 0.25) is 0 Å². The largest absolute Gasteiger partial charge is 0.481 e. The Morgan fingerprint density at radius 1 is 1.24 bits per heavy atom. The van der Waals surface area contributed by atoms with Crippen LogP contribution in [0.5, 0.6) is 5.75 Å². The average Bonchev–Trinajstić information content (AvgIpc) is 2.47. The predicted octanol–water partition coefficient (Wildman–Crippen LogP) is 1.71. The second-order valence-electron chi connectivity index (χ2n) is 4.69. The normalized spacial score (nSPS) is 13.1. The number of hydrogen-bond donors (Lipinski definition) is 3. The van der Waals surface area contributed by atoms with Crippen LogP contribution in [-0.4, -0.2) is 24.6 Å². The van der Waals surface area contributed by atoms with Gasteiger partial charge in [-0.05, 0) is 38.0 Å². The van der Waals surface area contributed by atoms with Crippen LogP contribution < -0.4 is 21.1 Å². The van der Waals surface area contributed by atoms with Crippen LogP contribution >= 0.6 is 0 Å². The van der Waals surface area contributed by atoms with Gasteiger partial charge in [0.1, 0.15) is 5.75 Å². The monoisotopic (exact) mass is 293 g/mol. The molecule has 0 aliphatic carbocycles. The molecule has 1 unspecified atom stereocenters. The van der Waals surface area contributed by atoms with Gasteiger partial charge in [-0.25, -0.2) is 4.79 Å². The van der Waals surface area contributed by atoms with Gasteiger partial charge in [-0.2, -0.15) is 0 Å². The molecule has 1 aromatic rings. The van der Waals surface area contributed by atoms with Crippen LogP contribution in [-0.2, 0) is 4.79 Å². The Morgan fingerprint density at radius 2 is 1.86 bits per heavy atom. The number of amides is 3. The minimum atomic E-state index is -0.765. The van der Waals surface area contributed by atoms with Gasteiger partial charge in [-0.15, -0.1) is 0 Å². The van der Waals surface area contributed by atoms with E-state index in [9.17, 15) is 9.59 Å². The van der Waals surface area contributed by atoms with Gasteiger partial charge in [0.05, 0.1) is 0 Å². The first-order valence-electron chi connectivity index (χ1n) is 7.08. The summed E-state index contributed by atoms with van der Waals surface area (Å²) in [4.78, 5) is 23.0. The van der Waals surface area contributed by atoms with Crippen molar-refractivity contribution >= 4 is 11.9 Å². The average molecular weight is 293 g/mol. The van der Waals surface area contributed by atoms with Gasteiger partial charge in [0, 0.05) is 12.6 Å². The van der Waals surface area contributed by atoms with E-state index in [2.05, 4.69) is 10.6 Å². The number of carbonyl (C=O) groups is 2. The molecular weight excluding hydrogens is 270 g/mol. The summed E-state index contributed by atoms with van der Waals surface area (Å²) in [5.41, 5.74) is 6.95. The molecule has 1 aromatic carbocycles. The quantitative estimate of drug-likeness (QED) is 0.744. The summed E-state index contributed by atoms with van der Waals surface area (Å²) in [7, 11) is 0. The highest BCUT2D eigenvalue weighted by Gasteiger charge is 2.17. The van der Waals surface area contributed by atoms with E-state index in [-0.39, 0.29) is 6.04 Å². The lowest BCUT2D eigenvalue weighted by atomic mass is 10.1. The first kappa shape index (κ1) is 17.0. The van der Waals surface area contributed by atoms with Gasteiger partial charge in [-0.3, -0.25) is 10.1 Å². The summed E-state index contributed by atoms with van der Waals surface area (Å²) >= 11 is 0. The number of rotatable bonds is 6. The van der Waals surface area contributed by atoms with E-state index in [0.717, 1.165) is 12.0 Å². The molecule has 0 saturated heterocycles. The number of urea groups is 1. The molecule has 0 aromatic heterocycles. The standard InChI is InChI=1S/C15H23N3O3/c1-4-13(16)11-6-8-12(9-7-11)21-10(3)14(19)18-15(20)17-5-2/h6-10,13H,4-5,16H2,1-3H3,(H2,17,18,19,20)/t10?,13-/m1/s1. The van der Waals surface area contributed by atoms with Crippen molar-refractivity contribution in [2.45, 2.75) is 39.3 Å². The third-order valence-corrected chi connectivity index (χ3v) is 3.00. The molecule has 6 heteroatoms. The van der Waals surface area contributed by atoms with E-state index in [1.54, 1.807) is 26.0 Å². The minimum Gasteiger partial charge on any atom is -0.481 e. The molecule has 6 nitrogen and oxygen atoms in total. The lowest BCUT2D eigenvalue weighted by Gasteiger charge is -2.15. The highest BCUT2D eigenvalue weighted by Crippen LogP contribution is 2.19. The Kier molecular flexibility index (Phi) is 6.68. The van der Waals surface area contributed by atoms with Crippen LogP contribution in [0.3, 0.4) is 0 Å². The first-order chi connectivity index (χ1) is 9.97. The van der Waals surface area contributed by atoms with E-state index in [0.29, 0.717) is 12.3 Å². The second-order valence-corrected chi connectivity index (χ2v) is 4.69. The van der Waals surface area contributed by atoms with Crippen LogP contribution in [0.15, 0.2) is 24.3 Å². The number of nitrogens with one attached hydrogen (secondary N) is 2. The number of imide groups is 1. The molecule has 0 aliphatic heterocycles. The van der Waals surface area contributed by atoms with Crippen LogP contribution in [0.4, 0.5) is 4.79 Å². The molecule has 0 aliphatic rings. The van der Waals surface area contributed by atoms with E-state index in [1.807, 2.05) is 19.1 Å². The molecule has 2 atom stereocenters. The third-order valence-electron chi connectivity index (χ3n) is 3.00. The lowest BCUT2D eigenvalue weighted by molar-refractivity contribution is -0.126. The van der Waals surface area contributed by atoms with Crippen molar-refractivity contribution in [3.05, 3.63) is 29.8 Å². The number of benzene rings is 1. The maximum absolute atomic E-state index is 11.7. The molecule has 0 heterocycles. The predicted molar refractivity (Wildman–Crippen MR) is 81.0 cm³/mol. The van der Waals surface area contributed by atoms with E-state index in [4.69, 9.17) is 10.5 Å². The summed E-state index contributed by atoms with van der Waals surface area (Å²) in [6.07, 6.45) is 0.0873. The Bertz CT molecular complexity index is 474. The van der Waals surface area contributed by atoms with Crippen molar-refractivity contribution in [1.29, 1.82) is 0 Å². The van der Waals surface area contributed by atoms with Gasteiger partial charge < -0.3 is 15.8 Å². The summed E-state index contributed by atoms with van der Waals surface area (Å²) in [6.45, 7) is 5.82. The summed E-state index contributed by atoms with van der Waals surface area (Å²) in [5, 5.41) is 4.69. The fraction of sp³-hybridized carbons (Fsp3) is 0.467. The van der Waals surface area contributed by atoms with Crippen molar-refractivity contribution in [3.63, 3.8) is 0 Å². The summed E-state index contributed by atoms with van der Waals surface area (Å²) in [6, 6.07) is 6.75. The highest BCUT2D eigenvalue weighted by molar-refractivity contribution is 5.96. The Labute approximate surface area is 125 Å². The van der Waals surface area contributed by atoms with Crippen molar-refractivity contribution in [1.82, 2.24) is 10.6 Å². The fourth-order valence-electron chi connectivity index (χ4n) is 1.71. The van der Waals surface area contributed by atoms with Gasteiger partial charge >= 0.3 is 6.03 Å². The molecule has 1 rings (SSSR count). The summed E-state index contributed by atoms with van der Waals surface area (Å²) in [5.74, 6) is 0.0656. The van der Waals surface area contributed by atoms with Crippen LogP contribution in [0.25, 0.3) is 0 Å². The summed E-state index contributed by atoms with van der Waals surface area (Å²) < 4.78 is 5.49. The first-order valence-corrected chi connectivity index (χ1v) is 7.08. The van der Waals surface area contributed by atoms with Crippen LogP contribution in [0.2, 0.25) is 0 Å². The van der Waals surface area contributed by atoms with Gasteiger partial charge in [0.15, 0.2) is 6.10 Å². The maximum atomic E-state index is 11.7. The molecule has 21 heavy (non-hydrogen) atoms. The Balaban J connectivity index is 2.56. The zero-order valence-corrected chi connectivity index (χ0v) is 12.7. The van der Waals surface area contributed by atoms with Crippen molar-refractivity contribution in [2.24, 2.45) is 5.73 Å². The topological polar surface area (TPSA) is 93.5 Å². The molecule has 0 bridgehead atoms. The number of hydrogen-bond acceptors (Lipinski definition) is 4. The number of nitrogens with two attached hydrogens (primary N) is 1. The third kappa shape index (κ3) is 5.43.